The van der Waals surface area contributed by atoms with E-state index in [1.807, 2.05) is 24.3 Å². The molecule has 0 saturated carbocycles. The summed E-state index contributed by atoms with van der Waals surface area (Å²) in [7, 11) is 0. The summed E-state index contributed by atoms with van der Waals surface area (Å²) in [5.74, 6) is 0. The van der Waals surface area contributed by atoms with E-state index in [0.29, 0.717) is 12.6 Å². The van der Waals surface area contributed by atoms with E-state index in [1.54, 1.807) is 0 Å². The van der Waals surface area contributed by atoms with Gasteiger partial charge in [0.25, 0.3) is 0 Å². The van der Waals surface area contributed by atoms with Crippen molar-refractivity contribution in [1.82, 2.24) is 5.32 Å². The Labute approximate surface area is 84.3 Å². The number of hydrogen-bond acceptors (Lipinski definition) is 3. The SMILES string of the molecule is Nc1cccc(COC[C@H]2CCN2)c1. The first-order valence-corrected chi connectivity index (χ1v) is 5.00. The lowest BCUT2D eigenvalue weighted by Gasteiger charge is -2.27. The minimum Gasteiger partial charge on any atom is -0.399 e. The van der Waals surface area contributed by atoms with E-state index in [4.69, 9.17) is 10.5 Å². The number of nitrogens with two attached hydrogens (primary N) is 1. The molecular formula is C11H16N2O. The predicted octanol–water partition coefficient (Wildman–Crippen LogP) is 1.15. The van der Waals surface area contributed by atoms with Crippen molar-refractivity contribution in [2.45, 2.75) is 19.1 Å². The zero-order valence-electron chi connectivity index (χ0n) is 8.20. The van der Waals surface area contributed by atoms with Crippen molar-refractivity contribution in [2.75, 3.05) is 18.9 Å². The van der Waals surface area contributed by atoms with Crippen molar-refractivity contribution in [3.63, 3.8) is 0 Å². The number of nitrogens with one attached hydrogen (secondary N) is 1. The van der Waals surface area contributed by atoms with E-state index in [0.717, 1.165) is 24.4 Å². The van der Waals surface area contributed by atoms with Crippen LogP contribution in [0.3, 0.4) is 0 Å². The van der Waals surface area contributed by atoms with Gasteiger partial charge in [-0.1, -0.05) is 12.1 Å². The Hall–Kier alpha value is -1.06. The lowest BCUT2D eigenvalue weighted by Crippen LogP contribution is -2.45. The standard InChI is InChI=1S/C11H16N2O/c12-10-3-1-2-9(6-10)7-14-8-11-4-5-13-11/h1-3,6,11,13H,4-5,7-8,12H2/t11-/m1/s1. The monoisotopic (exact) mass is 192 g/mol. The summed E-state index contributed by atoms with van der Waals surface area (Å²) >= 11 is 0. The summed E-state index contributed by atoms with van der Waals surface area (Å²) in [6.45, 7) is 2.59. The number of hydrogen-bond donors (Lipinski definition) is 2. The topological polar surface area (TPSA) is 47.3 Å². The van der Waals surface area contributed by atoms with Gasteiger partial charge in [0.15, 0.2) is 0 Å². The van der Waals surface area contributed by atoms with Crippen molar-refractivity contribution in [3.8, 4) is 0 Å². The van der Waals surface area contributed by atoms with Gasteiger partial charge in [-0.2, -0.15) is 0 Å². The zero-order valence-corrected chi connectivity index (χ0v) is 8.20. The van der Waals surface area contributed by atoms with Gasteiger partial charge in [0.1, 0.15) is 0 Å². The fourth-order valence-corrected chi connectivity index (χ4v) is 1.49. The molecule has 0 radical (unpaired) electrons. The minimum absolute atomic E-state index is 0.566. The van der Waals surface area contributed by atoms with Gasteiger partial charge >= 0.3 is 0 Å². The molecule has 1 aromatic carbocycles. The van der Waals surface area contributed by atoms with Crippen LogP contribution in [0.25, 0.3) is 0 Å². The van der Waals surface area contributed by atoms with Crippen molar-refractivity contribution in [1.29, 1.82) is 0 Å². The van der Waals surface area contributed by atoms with Crippen LogP contribution in [0.5, 0.6) is 0 Å². The van der Waals surface area contributed by atoms with Gasteiger partial charge in [0.05, 0.1) is 13.2 Å². The molecule has 2 rings (SSSR count). The summed E-state index contributed by atoms with van der Waals surface area (Å²) in [4.78, 5) is 0. The van der Waals surface area contributed by atoms with Crippen molar-refractivity contribution in [2.24, 2.45) is 0 Å². The minimum atomic E-state index is 0.566. The van der Waals surface area contributed by atoms with Crippen LogP contribution in [0.4, 0.5) is 5.69 Å². The fraction of sp³-hybridized carbons (Fsp3) is 0.455. The van der Waals surface area contributed by atoms with Gasteiger partial charge in [-0.15, -0.1) is 0 Å². The molecule has 0 aliphatic carbocycles. The van der Waals surface area contributed by atoms with Gasteiger partial charge in [-0.3, -0.25) is 0 Å². The normalized spacial score (nSPS) is 20.4. The predicted molar refractivity (Wildman–Crippen MR) is 56.9 cm³/mol. The molecule has 3 heteroatoms. The Morgan fingerprint density at radius 3 is 3.00 bits per heavy atom. The highest BCUT2D eigenvalue weighted by atomic mass is 16.5. The molecule has 1 saturated heterocycles. The molecule has 1 aliphatic rings. The lowest BCUT2D eigenvalue weighted by atomic mass is 10.1. The van der Waals surface area contributed by atoms with E-state index >= 15 is 0 Å². The maximum Gasteiger partial charge on any atom is 0.0718 e. The van der Waals surface area contributed by atoms with Crippen LogP contribution in [0, 0.1) is 0 Å². The van der Waals surface area contributed by atoms with Crippen LogP contribution >= 0.6 is 0 Å². The van der Waals surface area contributed by atoms with Crippen LogP contribution in [0.15, 0.2) is 24.3 Å². The molecule has 0 amide bonds. The molecule has 0 unspecified atom stereocenters. The zero-order chi connectivity index (χ0) is 9.80. The molecule has 0 spiro atoms. The molecule has 1 atom stereocenters. The third-order valence-corrected chi connectivity index (χ3v) is 2.46. The largest absolute Gasteiger partial charge is 0.399 e. The van der Waals surface area contributed by atoms with E-state index in [1.165, 1.54) is 6.42 Å². The van der Waals surface area contributed by atoms with Gasteiger partial charge in [-0.25, -0.2) is 0 Å². The lowest BCUT2D eigenvalue weighted by molar-refractivity contribution is 0.0808. The summed E-state index contributed by atoms with van der Waals surface area (Å²) in [5, 5.41) is 3.29. The maximum atomic E-state index is 5.66. The molecule has 3 nitrogen and oxygen atoms in total. The third kappa shape index (κ3) is 2.47. The Balaban J connectivity index is 1.74. The van der Waals surface area contributed by atoms with E-state index in [9.17, 15) is 0 Å². The van der Waals surface area contributed by atoms with Crippen LogP contribution in [0.2, 0.25) is 0 Å². The molecule has 3 N–H and O–H groups in total. The second kappa shape index (κ2) is 4.44. The third-order valence-electron chi connectivity index (χ3n) is 2.46. The second-order valence-electron chi connectivity index (χ2n) is 3.70. The number of nitrogen functional groups attached to an aromatic ring is 1. The smallest absolute Gasteiger partial charge is 0.0718 e. The summed E-state index contributed by atoms with van der Waals surface area (Å²) in [6, 6.07) is 8.39. The Morgan fingerprint density at radius 2 is 2.36 bits per heavy atom. The molecule has 76 valence electrons. The van der Waals surface area contributed by atoms with E-state index < -0.39 is 0 Å². The number of benzene rings is 1. The average Bonchev–Trinajstić information content (AvgIpc) is 2.09. The van der Waals surface area contributed by atoms with Gasteiger partial charge in [0, 0.05) is 11.7 Å². The van der Waals surface area contributed by atoms with Gasteiger partial charge < -0.3 is 15.8 Å². The summed E-state index contributed by atoms with van der Waals surface area (Å²) < 4.78 is 5.56. The molecule has 1 aromatic rings. The molecule has 1 fully saturated rings. The Kier molecular flexibility index (Phi) is 3.01. The van der Waals surface area contributed by atoms with Crippen LogP contribution in [-0.2, 0) is 11.3 Å². The first-order chi connectivity index (χ1) is 6.84. The maximum absolute atomic E-state index is 5.66. The van der Waals surface area contributed by atoms with Crippen molar-refractivity contribution in [3.05, 3.63) is 29.8 Å². The quantitative estimate of drug-likeness (QED) is 0.703. The highest BCUT2D eigenvalue weighted by Gasteiger charge is 2.15. The molecule has 14 heavy (non-hydrogen) atoms. The Morgan fingerprint density at radius 1 is 1.50 bits per heavy atom. The van der Waals surface area contributed by atoms with Crippen LogP contribution < -0.4 is 11.1 Å². The molecule has 0 aromatic heterocycles. The number of ether oxygens (including phenoxy) is 1. The second-order valence-corrected chi connectivity index (χ2v) is 3.70. The molecule has 0 bridgehead atoms. The van der Waals surface area contributed by atoms with E-state index in [-0.39, 0.29) is 0 Å². The summed E-state index contributed by atoms with van der Waals surface area (Å²) in [5.41, 5.74) is 7.60. The number of rotatable bonds is 4. The van der Waals surface area contributed by atoms with Gasteiger partial charge in [-0.05, 0) is 30.7 Å². The fourth-order valence-electron chi connectivity index (χ4n) is 1.49. The first-order valence-electron chi connectivity index (χ1n) is 5.00. The molecule has 1 heterocycles. The van der Waals surface area contributed by atoms with Crippen LogP contribution in [0.1, 0.15) is 12.0 Å². The first kappa shape index (κ1) is 9.49. The summed E-state index contributed by atoms with van der Waals surface area (Å²) in [6.07, 6.45) is 1.23. The number of anilines is 1. The molecular weight excluding hydrogens is 176 g/mol. The van der Waals surface area contributed by atoms with Gasteiger partial charge in [0.2, 0.25) is 0 Å². The average molecular weight is 192 g/mol. The highest BCUT2D eigenvalue weighted by molar-refractivity contribution is 5.40. The van der Waals surface area contributed by atoms with E-state index in [2.05, 4.69) is 5.32 Å². The Bertz CT molecular complexity index is 297. The van der Waals surface area contributed by atoms with Crippen molar-refractivity contribution < 1.29 is 4.74 Å². The van der Waals surface area contributed by atoms with Crippen LogP contribution in [-0.4, -0.2) is 19.2 Å². The highest BCUT2D eigenvalue weighted by Crippen LogP contribution is 2.09. The van der Waals surface area contributed by atoms with Crippen molar-refractivity contribution >= 4 is 5.69 Å². The molecule has 1 aliphatic heterocycles.